The summed E-state index contributed by atoms with van der Waals surface area (Å²) >= 11 is 26.6. The van der Waals surface area contributed by atoms with Crippen LogP contribution in [0.2, 0.25) is 15.1 Å². The molecule has 0 spiro atoms. The molecule has 1 aromatic carbocycles. The molecule has 0 amide bonds. The molecular formula is C11H5Br2Cl3S. The first-order valence-corrected chi connectivity index (χ1v) is 8.18. The summed E-state index contributed by atoms with van der Waals surface area (Å²) < 4.78 is 0.920. The Bertz CT molecular complexity index is 534. The Kier molecular flexibility index (Phi) is 4.84. The second kappa shape index (κ2) is 5.81. The van der Waals surface area contributed by atoms with Crippen LogP contribution in [-0.4, -0.2) is 0 Å². The largest absolute Gasteiger partial charge is 0.130 e. The van der Waals surface area contributed by atoms with Gasteiger partial charge in [-0.1, -0.05) is 56.8 Å². The van der Waals surface area contributed by atoms with Gasteiger partial charge in [0.2, 0.25) is 0 Å². The van der Waals surface area contributed by atoms with Crippen LogP contribution in [0, 0.1) is 0 Å². The minimum absolute atomic E-state index is 0.0149. The van der Waals surface area contributed by atoms with E-state index >= 15 is 0 Å². The van der Waals surface area contributed by atoms with E-state index in [9.17, 15) is 0 Å². The van der Waals surface area contributed by atoms with Gasteiger partial charge in [0.25, 0.3) is 0 Å². The third-order valence-corrected chi connectivity index (χ3v) is 6.54. The zero-order valence-electron chi connectivity index (χ0n) is 8.18. The van der Waals surface area contributed by atoms with E-state index < -0.39 is 0 Å². The van der Waals surface area contributed by atoms with Crippen LogP contribution < -0.4 is 0 Å². The quantitative estimate of drug-likeness (QED) is 0.448. The van der Waals surface area contributed by atoms with Gasteiger partial charge in [0, 0.05) is 14.9 Å². The van der Waals surface area contributed by atoms with E-state index in [0.717, 1.165) is 14.2 Å². The molecule has 0 aliphatic rings. The highest BCUT2D eigenvalue weighted by atomic mass is 79.9. The molecule has 1 aromatic heterocycles. The van der Waals surface area contributed by atoms with Gasteiger partial charge in [-0.05, 0) is 39.7 Å². The summed E-state index contributed by atoms with van der Waals surface area (Å²) in [6.45, 7) is 0. The second-order valence-corrected chi connectivity index (χ2v) is 7.87. The summed E-state index contributed by atoms with van der Waals surface area (Å²) in [5, 5.41) is 1.98. The summed E-state index contributed by atoms with van der Waals surface area (Å²) in [5.74, 6) is 0. The number of hydrogen-bond acceptors (Lipinski definition) is 1. The zero-order valence-corrected chi connectivity index (χ0v) is 14.4. The number of alkyl halides is 1. The van der Waals surface area contributed by atoms with Crippen molar-refractivity contribution in [2.24, 2.45) is 0 Å². The minimum Gasteiger partial charge on any atom is -0.130 e. The molecule has 1 heterocycles. The summed E-state index contributed by atoms with van der Waals surface area (Å²) in [6.07, 6.45) is 0. The first kappa shape index (κ1) is 14.2. The normalized spacial score (nSPS) is 12.8. The summed E-state index contributed by atoms with van der Waals surface area (Å²) in [6, 6.07) is 7.38. The standard InChI is InChI=1S/C11H5Br2Cl3S/c12-10(9-4-8(16)11(13)17-9)6-2-1-5(14)3-7(6)15/h1-4,10H. The van der Waals surface area contributed by atoms with Gasteiger partial charge in [0.1, 0.15) is 0 Å². The molecule has 0 aliphatic heterocycles. The van der Waals surface area contributed by atoms with Gasteiger partial charge in [-0.2, -0.15) is 0 Å². The lowest BCUT2D eigenvalue weighted by atomic mass is 10.1. The third kappa shape index (κ3) is 3.20. The highest BCUT2D eigenvalue weighted by Crippen LogP contribution is 2.43. The van der Waals surface area contributed by atoms with Crippen LogP contribution in [0.15, 0.2) is 28.1 Å². The van der Waals surface area contributed by atoms with Gasteiger partial charge in [0.15, 0.2) is 0 Å². The SMILES string of the molecule is Clc1ccc(C(Br)c2cc(Cl)c(Br)s2)c(Cl)c1. The van der Waals surface area contributed by atoms with E-state index in [-0.39, 0.29) is 4.83 Å². The molecule has 6 heteroatoms. The Hall–Kier alpha value is 0.750. The number of benzene rings is 1. The first-order valence-electron chi connectivity index (χ1n) is 4.53. The van der Waals surface area contributed by atoms with Crippen molar-refractivity contribution in [2.75, 3.05) is 0 Å². The van der Waals surface area contributed by atoms with Crippen molar-refractivity contribution in [3.05, 3.63) is 53.6 Å². The van der Waals surface area contributed by atoms with Crippen LogP contribution in [0.25, 0.3) is 0 Å². The molecule has 0 N–H and O–H groups in total. The van der Waals surface area contributed by atoms with E-state index in [1.54, 1.807) is 17.4 Å². The van der Waals surface area contributed by atoms with Gasteiger partial charge in [0.05, 0.1) is 13.6 Å². The van der Waals surface area contributed by atoms with E-state index in [4.69, 9.17) is 34.8 Å². The van der Waals surface area contributed by atoms with E-state index in [0.29, 0.717) is 15.1 Å². The topological polar surface area (TPSA) is 0 Å². The van der Waals surface area contributed by atoms with Crippen molar-refractivity contribution in [3.8, 4) is 0 Å². The lowest BCUT2D eigenvalue weighted by Crippen LogP contribution is -1.90. The smallest absolute Gasteiger partial charge is 0.0887 e. The van der Waals surface area contributed by atoms with E-state index in [1.807, 2.05) is 18.2 Å². The predicted octanol–water partition coefficient (Wildman–Crippen LogP) is 6.96. The fraction of sp³-hybridized carbons (Fsp3) is 0.0909. The molecular weight excluding hydrogens is 430 g/mol. The molecule has 0 saturated heterocycles. The van der Waals surface area contributed by atoms with Crippen molar-refractivity contribution in [3.63, 3.8) is 0 Å². The van der Waals surface area contributed by atoms with Crippen molar-refractivity contribution < 1.29 is 0 Å². The predicted molar refractivity (Wildman–Crippen MR) is 84.3 cm³/mol. The molecule has 0 saturated carbocycles. The Morgan fingerprint density at radius 1 is 1.06 bits per heavy atom. The molecule has 0 radical (unpaired) electrons. The minimum atomic E-state index is 0.0149. The monoisotopic (exact) mass is 432 g/mol. The number of hydrogen-bond donors (Lipinski definition) is 0. The second-order valence-electron chi connectivity index (χ2n) is 3.30. The molecule has 0 aliphatic carbocycles. The first-order chi connectivity index (χ1) is 7.99. The molecule has 1 unspecified atom stereocenters. The maximum absolute atomic E-state index is 6.17. The lowest BCUT2D eigenvalue weighted by Gasteiger charge is -2.10. The molecule has 2 rings (SSSR count). The average molecular weight is 435 g/mol. The van der Waals surface area contributed by atoms with Crippen LogP contribution in [0.4, 0.5) is 0 Å². The highest BCUT2D eigenvalue weighted by Gasteiger charge is 2.17. The van der Waals surface area contributed by atoms with Crippen molar-refractivity contribution in [1.82, 2.24) is 0 Å². The Balaban J connectivity index is 2.39. The van der Waals surface area contributed by atoms with Crippen LogP contribution in [0.5, 0.6) is 0 Å². The zero-order chi connectivity index (χ0) is 12.6. The van der Waals surface area contributed by atoms with Crippen molar-refractivity contribution in [2.45, 2.75) is 4.83 Å². The number of thiophene rings is 1. The summed E-state index contributed by atoms with van der Waals surface area (Å²) in [7, 11) is 0. The van der Waals surface area contributed by atoms with Crippen LogP contribution in [0.3, 0.4) is 0 Å². The summed E-state index contributed by atoms with van der Waals surface area (Å²) in [5.41, 5.74) is 0.974. The van der Waals surface area contributed by atoms with Crippen LogP contribution in [0.1, 0.15) is 15.3 Å². The number of rotatable bonds is 2. The lowest BCUT2D eigenvalue weighted by molar-refractivity contribution is 1.23. The van der Waals surface area contributed by atoms with E-state index in [1.165, 1.54) is 0 Å². The van der Waals surface area contributed by atoms with Gasteiger partial charge in [-0.3, -0.25) is 0 Å². The van der Waals surface area contributed by atoms with Crippen molar-refractivity contribution in [1.29, 1.82) is 0 Å². The molecule has 1 atom stereocenters. The average Bonchev–Trinajstić information content (AvgIpc) is 2.58. The molecule has 90 valence electrons. The van der Waals surface area contributed by atoms with Gasteiger partial charge < -0.3 is 0 Å². The molecule has 0 nitrogen and oxygen atoms in total. The Labute approximate surface area is 135 Å². The fourth-order valence-corrected chi connectivity index (χ4v) is 4.55. The van der Waals surface area contributed by atoms with Gasteiger partial charge in [-0.25, -0.2) is 0 Å². The van der Waals surface area contributed by atoms with Gasteiger partial charge >= 0.3 is 0 Å². The third-order valence-electron chi connectivity index (χ3n) is 2.15. The summed E-state index contributed by atoms with van der Waals surface area (Å²) in [4.78, 5) is 1.10. The molecule has 2 aromatic rings. The number of halogens is 5. The van der Waals surface area contributed by atoms with Crippen LogP contribution >= 0.6 is 78.0 Å². The Morgan fingerprint density at radius 2 is 1.76 bits per heavy atom. The molecule has 17 heavy (non-hydrogen) atoms. The van der Waals surface area contributed by atoms with Gasteiger partial charge in [-0.15, -0.1) is 11.3 Å². The highest BCUT2D eigenvalue weighted by molar-refractivity contribution is 9.11. The van der Waals surface area contributed by atoms with E-state index in [2.05, 4.69) is 31.9 Å². The van der Waals surface area contributed by atoms with Crippen molar-refractivity contribution >= 4 is 78.0 Å². The fourth-order valence-electron chi connectivity index (χ4n) is 1.35. The maximum atomic E-state index is 6.17. The maximum Gasteiger partial charge on any atom is 0.0887 e. The molecule has 0 bridgehead atoms. The Morgan fingerprint density at radius 3 is 2.29 bits per heavy atom. The van der Waals surface area contributed by atoms with Crippen LogP contribution in [-0.2, 0) is 0 Å². The molecule has 0 fully saturated rings.